The molecule has 1 heterocycles. The number of amides is 1. The average Bonchev–Trinajstić information content (AvgIpc) is 2.41. The fourth-order valence-corrected chi connectivity index (χ4v) is 2.78. The largest absolute Gasteiger partial charge is 0.495 e. The summed E-state index contributed by atoms with van der Waals surface area (Å²) in [5.41, 5.74) is 0.700. The molecule has 0 aliphatic carbocycles. The zero-order valence-corrected chi connectivity index (χ0v) is 12.7. The first-order valence-corrected chi connectivity index (χ1v) is 7.35. The number of ether oxygens (including phenoxy) is 1. The van der Waals surface area contributed by atoms with Crippen molar-refractivity contribution < 1.29 is 9.53 Å². The Balaban J connectivity index is 1.92. The molecule has 0 spiro atoms. The Kier molecular flexibility index (Phi) is 5.26. The molecule has 1 aromatic carbocycles. The van der Waals surface area contributed by atoms with Crippen LogP contribution in [0.1, 0.15) is 26.2 Å². The highest BCUT2D eigenvalue weighted by molar-refractivity contribution is 6.32. The summed E-state index contributed by atoms with van der Waals surface area (Å²) >= 11 is 6.04. The first kappa shape index (κ1) is 15.1. The van der Waals surface area contributed by atoms with Crippen LogP contribution in [0.4, 0.5) is 5.69 Å². The van der Waals surface area contributed by atoms with Gasteiger partial charge < -0.3 is 10.1 Å². The minimum atomic E-state index is -0.0000153. The summed E-state index contributed by atoms with van der Waals surface area (Å²) in [5.74, 6) is 0.606. The first-order chi connectivity index (χ1) is 9.60. The van der Waals surface area contributed by atoms with Crippen molar-refractivity contribution in [3.05, 3.63) is 23.2 Å². The molecule has 1 saturated heterocycles. The number of nitrogens with one attached hydrogen (secondary N) is 1. The number of likely N-dealkylation sites (tertiary alicyclic amines) is 1. The van der Waals surface area contributed by atoms with Crippen LogP contribution in [0.2, 0.25) is 5.02 Å². The third-order valence-electron chi connectivity index (χ3n) is 3.72. The van der Waals surface area contributed by atoms with Gasteiger partial charge in [-0.15, -0.1) is 0 Å². The van der Waals surface area contributed by atoms with Crippen LogP contribution in [-0.4, -0.2) is 37.0 Å². The Bertz CT molecular complexity index is 479. The van der Waals surface area contributed by atoms with Gasteiger partial charge in [0.25, 0.3) is 0 Å². The lowest BCUT2D eigenvalue weighted by Gasteiger charge is -2.32. The minimum absolute atomic E-state index is 0.0000153. The van der Waals surface area contributed by atoms with Gasteiger partial charge in [-0.05, 0) is 44.5 Å². The molecule has 2 rings (SSSR count). The second kappa shape index (κ2) is 6.95. The Labute approximate surface area is 125 Å². The number of anilines is 1. The van der Waals surface area contributed by atoms with E-state index in [-0.39, 0.29) is 5.91 Å². The summed E-state index contributed by atoms with van der Waals surface area (Å²) < 4.78 is 5.09. The monoisotopic (exact) mass is 296 g/mol. The molecule has 110 valence electrons. The molecule has 4 nitrogen and oxygen atoms in total. The SMILES string of the molecule is COc1ccc(NC(=O)CN2CCCC[C@H]2C)cc1Cl. The van der Waals surface area contributed by atoms with Crippen molar-refractivity contribution in [2.45, 2.75) is 32.2 Å². The summed E-state index contributed by atoms with van der Waals surface area (Å²) in [7, 11) is 1.57. The Morgan fingerprint density at radius 1 is 1.50 bits per heavy atom. The Morgan fingerprint density at radius 3 is 2.95 bits per heavy atom. The van der Waals surface area contributed by atoms with Gasteiger partial charge in [0.15, 0.2) is 0 Å². The van der Waals surface area contributed by atoms with Gasteiger partial charge in [-0.1, -0.05) is 18.0 Å². The van der Waals surface area contributed by atoms with Crippen LogP contribution in [0.25, 0.3) is 0 Å². The quantitative estimate of drug-likeness (QED) is 0.928. The second-order valence-corrected chi connectivity index (χ2v) is 5.62. The molecule has 1 fully saturated rings. The summed E-state index contributed by atoms with van der Waals surface area (Å²) in [6.07, 6.45) is 3.60. The number of nitrogens with zero attached hydrogens (tertiary/aromatic N) is 1. The fraction of sp³-hybridized carbons (Fsp3) is 0.533. The van der Waals surface area contributed by atoms with E-state index in [2.05, 4.69) is 17.1 Å². The van der Waals surface area contributed by atoms with E-state index in [9.17, 15) is 4.79 Å². The number of benzene rings is 1. The molecule has 20 heavy (non-hydrogen) atoms. The fourth-order valence-electron chi connectivity index (χ4n) is 2.52. The van der Waals surface area contributed by atoms with Gasteiger partial charge in [-0.3, -0.25) is 9.69 Å². The van der Waals surface area contributed by atoms with Crippen LogP contribution in [0.3, 0.4) is 0 Å². The highest BCUT2D eigenvalue weighted by Gasteiger charge is 2.20. The summed E-state index contributed by atoms with van der Waals surface area (Å²) in [6, 6.07) is 5.73. The molecule has 0 unspecified atom stereocenters. The molecular formula is C15H21ClN2O2. The molecular weight excluding hydrogens is 276 g/mol. The van der Waals surface area contributed by atoms with Crippen molar-refractivity contribution in [1.82, 2.24) is 4.90 Å². The van der Waals surface area contributed by atoms with Crippen molar-refractivity contribution in [3.8, 4) is 5.75 Å². The molecule has 0 radical (unpaired) electrons. The van der Waals surface area contributed by atoms with E-state index in [1.54, 1.807) is 25.3 Å². The molecule has 1 aliphatic rings. The molecule has 1 aromatic rings. The van der Waals surface area contributed by atoms with Gasteiger partial charge in [0.05, 0.1) is 18.7 Å². The standard InChI is InChI=1S/C15H21ClN2O2/c1-11-5-3-4-8-18(11)10-15(19)17-12-6-7-14(20-2)13(16)9-12/h6-7,9,11H,3-5,8,10H2,1-2H3,(H,17,19)/t11-/m1/s1. The molecule has 1 N–H and O–H groups in total. The van der Waals surface area contributed by atoms with E-state index < -0.39 is 0 Å². The Hall–Kier alpha value is -1.26. The van der Waals surface area contributed by atoms with E-state index in [4.69, 9.17) is 16.3 Å². The lowest BCUT2D eigenvalue weighted by molar-refractivity contribution is -0.118. The van der Waals surface area contributed by atoms with Crippen molar-refractivity contribution in [2.75, 3.05) is 25.5 Å². The number of piperidine rings is 1. The maximum atomic E-state index is 12.1. The van der Waals surface area contributed by atoms with Gasteiger partial charge in [0.2, 0.25) is 5.91 Å². The number of hydrogen-bond acceptors (Lipinski definition) is 3. The van der Waals surface area contributed by atoms with Crippen LogP contribution < -0.4 is 10.1 Å². The summed E-state index contributed by atoms with van der Waals surface area (Å²) in [4.78, 5) is 14.3. The number of hydrogen-bond donors (Lipinski definition) is 1. The highest BCUT2D eigenvalue weighted by Crippen LogP contribution is 2.27. The smallest absolute Gasteiger partial charge is 0.238 e. The molecule has 0 aromatic heterocycles. The van der Waals surface area contributed by atoms with E-state index >= 15 is 0 Å². The van der Waals surface area contributed by atoms with E-state index in [1.165, 1.54) is 19.3 Å². The van der Waals surface area contributed by atoms with E-state index in [0.717, 1.165) is 6.54 Å². The van der Waals surface area contributed by atoms with Gasteiger partial charge in [-0.2, -0.15) is 0 Å². The third kappa shape index (κ3) is 3.87. The van der Waals surface area contributed by atoms with E-state index in [1.807, 2.05) is 0 Å². The van der Waals surface area contributed by atoms with E-state index in [0.29, 0.717) is 29.0 Å². The van der Waals surface area contributed by atoms with Crippen LogP contribution >= 0.6 is 11.6 Å². The van der Waals surface area contributed by atoms with Crippen molar-refractivity contribution >= 4 is 23.2 Å². The number of halogens is 1. The zero-order chi connectivity index (χ0) is 14.5. The second-order valence-electron chi connectivity index (χ2n) is 5.21. The lowest BCUT2D eigenvalue weighted by Crippen LogP contribution is -2.42. The predicted molar refractivity (Wildman–Crippen MR) is 81.5 cm³/mol. The summed E-state index contributed by atoms with van der Waals surface area (Å²) in [5, 5.41) is 3.38. The van der Waals surface area contributed by atoms with Gasteiger partial charge >= 0.3 is 0 Å². The normalized spacial score (nSPS) is 19.6. The molecule has 1 atom stereocenters. The van der Waals surface area contributed by atoms with Crippen LogP contribution in [-0.2, 0) is 4.79 Å². The molecule has 0 bridgehead atoms. The first-order valence-electron chi connectivity index (χ1n) is 6.97. The van der Waals surface area contributed by atoms with Gasteiger partial charge in [0.1, 0.15) is 5.75 Å². The Morgan fingerprint density at radius 2 is 2.30 bits per heavy atom. The number of rotatable bonds is 4. The van der Waals surface area contributed by atoms with Gasteiger partial charge in [0, 0.05) is 11.7 Å². The summed E-state index contributed by atoms with van der Waals surface area (Å²) in [6.45, 7) is 3.61. The highest BCUT2D eigenvalue weighted by atomic mass is 35.5. The molecule has 5 heteroatoms. The van der Waals surface area contributed by atoms with Crippen molar-refractivity contribution in [2.24, 2.45) is 0 Å². The molecule has 1 amide bonds. The minimum Gasteiger partial charge on any atom is -0.495 e. The molecule has 1 aliphatic heterocycles. The van der Waals surface area contributed by atoms with Crippen molar-refractivity contribution in [3.63, 3.8) is 0 Å². The maximum Gasteiger partial charge on any atom is 0.238 e. The van der Waals surface area contributed by atoms with Crippen LogP contribution in [0.5, 0.6) is 5.75 Å². The predicted octanol–water partition coefficient (Wildman–Crippen LogP) is 3.16. The number of carbonyl (C=O) groups is 1. The maximum absolute atomic E-state index is 12.1. The number of methoxy groups -OCH3 is 1. The van der Waals surface area contributed by atoms with Crippen molar-refractivity contribution in [1.29, 1.82) is 0 Å². The number of carbonyl (C=O) groups excluding carboxylic acids is 1. The zero-order valence-electron chi connectivity index (χ0n) is 12.0. The molecule has 0 saturated carbocycles. The van der Waals surface area contributed by atoms with Crippen LogP contribution in [0, 0.1) is 0 Å². The van der Waals surface area contributed by atoms with Crippen LogP contribution in [0.15, 0.2) is 18.2 Å². The third-order valence-corrected chi connectivity index (χ3v) is 4.02. The topological polar surface area (TPSA) is 41.6 Å². The van der Waals surface area contributed by atoms with Gasteiger partial charge in [-0.25, -0.2) is 0 Å². The lowest BCUT2D eigenvalue weighted by atomic mass is 10.0. The average molecular weight is 297 g/mol.